The van der Waals surface area contributed by atoms with E-state index in [1.165, 1.54) is 238 Å². The van der Waals surface area contributed by atoms with Crippen LogP contribution in [0.15, 0.2) is 0 Å². The normalized spacial score (nSPS) is 14.4. The Labute approximate surface area is 613 Å². The first-order valence-corrected chi connectivity index (χ1v) is 45.1. The number of phosphoric ester groups is 2. The van der Waals surface area contributed by atoms with Crippen molar-refractivity contribution < 1.29 is 80.2 Å². The van der Waals surface area contributed by atoms with Crippen molar-refractivity contribution in [1.29, 1.82) is 0 Å². The number of aliphatic hydroxyl groups excluding tert-OH is 1. The SMILES string of the molecule is CCCCCCCCCCCCCCCCCCCCC(=O)OC[C@H](COP(=O)(O)OC[C@@H](O)COP(=O)(O)OC[C@@H](COC(=O)CCCCCCCCC(C)CC)OC(=O)CCCCCCCCCCCCCCCC)OC(=O)CCCCCCCCCCCCCCCCC(C)CC. The second-order valence-corrected chi connectivity index (χ2v) is 32.6. The van der Waals surface area contributed by atoms with Gasteiger partial charge in [-0.25, -0.2) is 9.13 Å². The lowest BCUT2D eigenvalue weighted by Crippen LogP contribution is -2.30. The maximum Gasteiger partial charge on any atom is 0.472 e. The Morgan fingerprint density at radius 2 is 0.480 bits per heavy atom. The quantitative estimate of drug-likeness (QED) is 0.0222. The molecule has 0 fully saturated rings. The minimum Gasteiger partial charge on any atom is -0.462 e. The van der Waals surface area contributed by atoms with Crippen LogP contribution in [0.25, 0.3) is 0 Å². The predicted octanol–water partition coefficient (Wildman–Crippen LogP) is 24.3. The Bertz CT molecular complexity index is 1930. The summed E-state index contributed by atoms with van der Waals surface area (Å²) in [4.78, 5) is 73.0. The van der Waals surface area contributed by atoms with Crippen LogP contribution in [0.1, 0.15) is 427 Å². The van der Waals surface area contributed by atoms with Gasteiger partial charge in [-0.2, -0.15) is 0 Å². The van der Waals surface area contributed by atoms with Crippen LogP contribution in [0.3, 0.4) is 0 Å². The largest absolute Gasteiger partial charge is 0.472 e. The Kier molecular flexibility index (Phi) is 71.2. The van der Waals surface area contributed by atoms with Crippen LogP contribution in [0.5, 0.6) is 0 Å². The van der Waals surface area contributed by atoms with E-state index < -0.39 is 97.5 Å². The van der Waals surface area contributed by atoms with Gasteiger partial charge in [-0.15, -0.1) is 0 Å². The summed E-state index contributed by atoms with van der Waals surface area (Å²) in [7, 11) is -9.92. The molecule has 19 heteroatoms. The highest BCUT2D eigenvalue weighted by atomic mass is 31.2. The van der Waals surface area contributed by atoms with Gasteiger partial charge in [0.25, 0.3) is 0 Å². The third-order valence-electron chi connectivity index (χ3n) is 19.7. The topological polar surface area (TPSA) is 237 Å². The summed E-state index contributed by atoms with van der Waals surface area (Å²) in [5.74, 6) is -0.531. The van der Waals surface area contributed by atoms with Gasteiger partial charge in [0.05, 0.1) is 26.4 Å². The molecule has 0 aliphatic rings. The number of unbranched alkanes of at least 4 members (excludes halogenated alkanes) is 48. The molecule has 0 saturated heterocycles. The number of hydrogen-bond donors (Lipinski definition) is 3. The first-order valence-electron chi connectivity index (χ1n) is 42.1. The van der Waals surface area contributed by atoms with E-state index in [1.807, 2.05) is 0 Å². The second kappa shape index (κ2) is 72.6. The fraction of sp³-hybridized carbons (Fsp3) is 0.951. The van der Waals surface area contributed by atoms with E-state index in [1.54, 1.807) is 0 Å². The van der Waals surface area contributed by atoms with Crippen LogP contribution in [0.4, 0.5) is 0 Å². The molecule has 0 saturated carbocycles. The van der Waals surface area contributed by atoms with Crippen LogP contribution < -0.4 is 0 Å². The third-order valence-corrected chi connectivity index (χ3v) is 21.6. The zero-order chi connectivity index (χ0) is 73.5. The molecule has 100 heavy (non-hydrogen) atoms. The third kappa shape index (κ3) is 71.7. The maximum absolute atomic E-state index is 13.1. The Hall–Kier alpha value is -1.94. The van der Waals surface area contributed by atoms with Gasteiger partial charge < -0.3 is 33.8 Å². The van der Waals surface area contributed by atoms with Crippen molar-refractivity contribution in [1.82, 2.24) is 0 Å². The molecule has 4 unspecified atom stereocenters. The van der Waals surface area contributed by atoms with Crippen molar-refractivity contribution in [3.63, 3.8) is 0 Å². The zero-order valence-electron chi connectivity index (χ0n) is 65.5. The lowest BCUT2D eigenvalue weighted by atomic mass is 9.99. The van der Waals surface area contributed by atoms with Crippen molar-refractivity contribution in [2.45, 2.75) is 445 Å². The van der Waals surface area contributed by atoms with Crippen LogP contribution >= 0.6 is 15.6 Å². The van der Waals surface area contributed by atoms with Crippen molar-refractivity contribution in [2.24, 2.45) is 11.8 Å². The van der Waals surface area contributed by atoms with Crippen molar-refractivity contribution in [2.75, 3.05) is 39.6 Å². The molecular formula is C81H158O17P2. The van der Waals surface area contributed by atoms with Crippen LogP contribution in [0, 0.1) is 11.8 Å². The van der Waals surface area contributed by atoms with Crippen LogP contribution in [-0.2, 0) is 65.4 Å². The molecule has 594 valence electrons. The minimum absolute atomic E-state index is 0.107. The number of aliphatic hydroxyl groups is 1. The smallest absolute Gasteiger partial charge is 0.462 e. The molecule has 0 radical (unpaired) electrons. The summed E-state index contributed by atoms with van der Waals surface area (Å²) >= 11 is 0. The first kappa shape index (κ1) is 98.1. The molecule has 0 amide bonds. The fourth-order valence-electron chi connectivity index (χ4n) is 12.5. The number of hydrogen-bond acceptors (Lipinski definition) is 15. The van der Waals surface area contributed by atoms with Crippen molar-refractivity contribution in [3.05, 3.63) is 0 Å². The van der Waals surface area contributed by atoms with Crippen molar-refractivity contribution in [3.8, 4) is 0 Å². The summed E-state index contributed by atoms with van der Waals surface area (Å²) in [5.41, 5.74) is 0. The lowest BCUT2D eigenvalue weighted by Gasteiger charge is -2.21. The van der Waals surface area contributed by atoms with E-state index >= 15 is 0 Å². The average molecular weight is 1470 g/mol. The highest BCUT2D eigenvalue weighted by molar-refractivity contribution is 7.47. The van der Waals surface area contributed by atoms with Gasteiger partial charge in [-0.1, -0.05) is 375 Å². The molecule has 0 heterocycles. The average Bonchev–Trinajstić information content (AvgIpc) is 1.08. The molecule has 0 rings (SSSR count). The molecule has 0 aliphatic heterocycles. The lowest BCUT2D eigenvalue weighted by molar-refractivity contribution is -0.161. The molecular weight excluding hydrogens is 1310 g/mol. The number of esters is 4. The fourth-order valence-corrected chi connectivity index (χ4v) is 14.1. The summed E-state index contributed by atoms with van der Waals surface area (Å²) in [6, 6.07) is 0. The van der Waals surface area contributed by atoms with Crippen LogP contribution in [-0.4, -0.2) is 96.7 Å². The van der Waals surface area contributed by atoms with Gasteiger partial charge >= 0.3 is 39.5 Å². The number of carbonyl (C=O) groups is 4. The summed E-state index contributed by atoms with van der Waals surface area (Å²) in [5, 5.41) is 10.6. The highest BCUT2D eigenvalue weighted by Gasteiger charge is 2.30. The zero-order valence-corrected chi connectivity index (χ0v) is 67.3. The molecule has 0 aromatic carbocycles. The number of carbonyl (C=O) groups excluding carboxylic acids is 4. The van der Waals surface area contributed by atoms with E-state index in [4.69, 9.17) is 37.0 Å². The Morgan fingerprint density at radius 1 is 0.280 bits per heavy atom. The minimum atomic E-state index is -4.96. The van der Waals surface area contributed by atoms with E-state index in [0.29, 0.717) is 25.7 Å². The van der Waals surface area contributed by atoms with Gasteiger partial charge in [-0.05, 0) is 37.5 Å². The number of phosphoric acid groups is 2. The van der Waals surface area contributed by atoms with E-state index in [0.717, 1.165) is 108 Å². The van der Waals surface area contributed by atoms with Gasteiger partial charge in [-0.3, -0.25) is 37.3 Å². The summed E-state index contributed by atoms with van der Waals surface area (Å²) < 4.78 is 68.7. The van der Waals surface area contributed by atoms with Crippen molar-refractivity contribution >= 4 is 39.5 Å². The van der Waals surface area contributed by atoms with E-state index in [-0.39, 0.29) is 25.7 Å². The molecule has 0 spiro atoms. The summed E-state index contributed by atoms with van der Waals surface area (Å²) in [6.07, 6.45) is 62.3. The molecule has 0 bridgehead atoms. The molecule has 0 aliphatic carbocycles. The second-order valence-electron chi connectivity index (χ2n) is 29.6. The van der Waals surface area contributed by atoms with E-state index in [9.17, 15) is 43.2 Å². The molecule has 7 atom stereocenters. The first-order chi connectivity index (χ1) is 48.4. The van der Waals surface area contributed by atoms with E-state index in [2.05, 4.69) is 41.5 Å². The molecule has 3 N–H and O–H groups in total. The number of ether oxygens (including phenoxy) is 4. The molecule has 0 aromatic rings. The summed E-state index contributed by atoms with van der Waals surface area (Å²) in [6.45, 7) is 9.65. The highest BCUT2D eigenvalue weighted by Crippen LogP contribution is 2.45. The standard InChI is InChI=1S/C81H158O17P2/c1-7-11-13-15-17-19-21-23-25-26-27-28-33-36-40-44-51-57-63-78(83)91-69-76(97-80(85)66-60-54-46-42-38-34-30-29-31-35-39-43-49-55-61-73(5)9-3)71-95-99(87,88)93-67-75(82)68-94-100(89,90)96-72-77(70-92-79(84)64-58-52-48-47-50-56-62-74(6)10-4)98-81(86)65-59-53-45-41-37-32-24-22-20-18-16-14-12-8-2/h73-77,82H,7-72H2,1-6H3,(H,87,88)(H,89,90)/t73?,74?,75-,76-,77-/m1/s1. The van der Waals surface area contributed by atoms with Crippen LogP contribution in [0.2, 0.25) is 0 Å². The maximum atomic E-state index is 13.1. The van der Waals surface area contributed by atoms with Gasteiger partial charge in [0.1, 0.15) is 19.3 Å². The number of rotatable bonds is 80. The van der Waals surface area contributed by atoms with Gasteiger partial charge in [0.2, 0.25) is 0 Å². The van der Waals surface area contributed by atoms with Gasteiger partial charge in [0.15, 0.2) is 12.2 Å². The van der Waals surface area contributed by atoms with Gasteiger partial charge in [0, 0.05) is 25.7 Å². The monoisotopic (exact) mass is 1470 g/mol. The predicted molar refractivity (Wildman–Crippen MR) is 409 cm³/mol. The Morgan fingerprint density at radius 3 is 0.710 bits per heavy atom. The Balaban J connectivity index is 5.24. The molecule has 0 aromatic heterocycles. The molecule has 17 nitrogen and oxygen atoms in total.